The zero-order chi connectivity index (χ0) is 21.2. The van der Waals surface area contributed by atoms with Crippen LogP contribution in [0.25, 0.3) is 0 Å². The fourth-order valence-electron chi connectivity index (χ4n) is 2.94. The molecule has 0 aliphatic heterocycles. The van der Waals surface area contributed by atoms with E-state index in [-0.39, 0.29) is 18.4 Å². The summed E-state index contributed by atoms with van der Waals surface area (Å²) < 4.78 is 5.69. The number of nitrogens with zero attached hydrogens (tertiary/aromatic N) is 1. The zero-order valence-corrected chi connectivity index (χ0v) is 17.9. The van der Waals surface area contributed by atoms with Crippen molar-refractivity contribution < 1.29 is 14.3 Å². The Labute approximate surface area is 174 Å². The van der Waals surface area contributed by atoms with Gasteiger partial charge < -0.3 is 15.0 Å². The third kappa shape index (κ3) is 7.26. The Morgan fingerprint density at radius 2 is 1.79 bits per heavy atom. The Hall–Kier alpha value is -2.82. The predicted octanol–water partition coefficient (Wildman–Crippen LogP) is 4.02. The average molecular weight is 397 g/mol. The summed E-state index contributed by atoms with van der Waals surface area (Å²) in [6.45, 7) is 8.70. The Balaban J connectivity index is 2.10. The summed E-state index contributed by atoms with van der Waals surface area (Å²) in [7, 11) is 0. The summed E-state index contributed by atoms with van der Waals surface area (Å²) in [5.74, 6) is 0.286. The molecule has 0 bridgehead atoms. The van der Waals surface area contributed by atoms with Crippen LogP contribution < -0.4 is 10.1 Å². The fraction of sp³-hybridized carbons (Fsp3) is 0.417. The summed E-state index contributed by atoms with van der Waals surface area (Å²) in [6, 6.07) is 15.0. The van der Waals surface area contributed by atoms with Gasteiger partial charge in [0.15, 0.2) is 6.61 Å². The molecular formula is C24H32N2O3. The van der Waals surface area contributed by atoms with Crippen molar-refractivity contribution in [1.29, 1.82) is 0 Å². The first-order valence-electron chi connectivity index (χ1n) is 10.2. The van der Waals surface area contributed by atoms with E-state index in [0.717, 1.165) is 29.5 Å². The molecule has 0 aliphatic carbocycles. The topological polar surface area (TPSA) is 58.6 Å². The summed E-state index contributed by atoms with van der Waals surface area (Å²) >= 11 is 0. The van der Waals surface area contributed by atoms with Gasteiger partial charge in [-0.1, -0.05) is 55.3 Å². The second kappa shape index (κ2) is 11.2. The van der Waals surface area contributed by atoms with Crippen molar-refractivity contribution in [3.63, 3.8) is 0 Å². The highest BCUT2D eigenvalue weighted by Crippen LogP contribution is 2.14. The maximum absolute atomic E-state index is 13.0. The minimum atomic E-state index is -0.582. The lowest BCUT2D eigenvalue weighted by Crippen LogP contribution is -2.49. The van der Waals surface area contributed by atoms with Crippen LogP contribution in [-0.4, -0.2) is 35.9 Å². The largest absolute Gasteiger partial charge is 0.484 e. The highest BCUT2D eigenvalue weighted by Gasteiger charge is 2.26. The van der Waals surface area contributed by atoms with Crippen LogP contribution in [0.4, 0.5) is 0 Å². The van der Waals surface area contributed by atoms with E-state index in [0.29, 0.717) is 18.8 Å². The van der Waals surface area contributed by atoms with Crippen LogP contribution in [0.5, 0.6) is 5.75 Å². The van der Waals surface area contributed by atoms with Crippen molar-refractivity contribution in [3.8, 4) is 5.75 Å². The third-order valence-corrected chi connectivity index (χ3v) is 4.82. The maximum Gasteiger partial charge on any atom is 0.261 e. The van der Waals surface area contributed by atoms with Gasteiger partial charge in [0.1, 0.15) is 11.8 Å². The second-order valence-electron chi connectivity index (χ2n) is 7.43. The van der Waals surface area contributed by atoms with Crippen molar-refractivity contribution in [2.45, 2.75) is 53.1 Å². The molecule has 0 spiro atoms. The lowest BCUT2D eigenvalue weighted by atomic mass is 10.1. The van der Waals surface area contributed by atoms with Gasteiger partial charge in [0, 0.05) is 13.1 Å². The molecule has 0 aromatic heterocycles. The molecule has 0 heterocycles. The molecule has 2 rings (SSSR count). The average Bonchev–Trinajstić information content (AvgIpc) is 2.71. The first-order valence-corrected chi connectivity index (χ1v) is 10.2. The highest BCUT2D eigenvalue weighted by atomic mass is 16.5. The highest BCUT2D eigenvalue weighted by molar-refractivity contribution is 5.87. The molecule has 0 fully saturated rings. The van der Waals surface area contributed by atoms with Crippen LogP contribution >= 0.6 is 0 Å². The van der Waals surface area contributed by atoms with Crippen LogP contribution in [0.2, 0.25) is 0 Å². The number of nitrogens with one attached hydrogen (secondary N) is 1. The predicted molar refractivity (Wildman–Crippen MR) is 116 cm³/mol. The van der Waals surface area contributed by atoms with Crippen LogP contribution in [0, 0.1) is 13.8 Å². The smallest absolute Gasteiger partial charge is 0.261 e. The first kappa shape index (κ1) is 22.5. The second-order valence-corrected chi connectivity index (χ2v) is 7.43. The van der Waals surface area contributed by atoms with E-state index >= 15 is 0 Å². The third-order valence-electron chi connectivity index (χ3n) is 4.82. The van der Waals surface area contributed by atoms with E-state index in [9.17, 15) is 9.59 Å². The van der Waals surface area contributed by atoms with Gasteiger partial charge in [0.2, 0.25) is 5.91 Å². The van der Waals surface area contributed by atoms with E-state index in [1.54, 1.807) is 11.8 Å². The lowest BCUT2D eigenvalue weighted by Gasteiger charge is -2.29. The molecule has 0 saturated carbocycles. The zero-order valence-electron chi connectivity index (χ0n) is 17.9. The molecule has 5 nitrogen and oxygen atoms in total. The summed E-state index contributed by atoms with van der Waals surface area (Å²) in [4.78, 5) is 27.1. The van der Waals surface area contributed by atoms with Gasteiger partial charge in [-0.2, -0.15) is 0 Å². The normalized spacial score (nSPS) is 11.6. The van der Waals surface area contributed by atoms with Crippen LogP contribution in [-0.2, 0) is 16.1 Å². The quantitative estimate of drug-likeness (QED) is 0.617. The van der Waals surface area contributed by atoms with Gasteiger partial charge in [-0.3, -0.25) is 9.59 Å². The molecule has 2 amide bonds. The van der Waals surface area contributed by atoms with Crippen LogP contribution in [0.1, 0.15) is 43.4 Å². The first-order chi connectivity index (χ1) is 13.9. The molecule has 1 unspecified atom stereocenters. The van der Waals surface area contributed by atoms with Gasteiger partial charge in [0.25, 0.3) is 5.91 Å². The molecule has 0 aliphatic rings. The van der Waals surface area contributed by atoms with Gasteiger partial charge in [-0.25, -0.2) is 0 Å². The van der Waals surface area contributed by atoms with E-state index in [2.05, 4.69) is 12.2 Å². The molecule has 2 aromatic rings. The number of amides is 2. The Kier molecular flexibility index (Phi) is 8.71. The SMILES string of the molecule is CCCCNC(=O)C(C)N(Cc1ccc(C)cc1)C(=O)COc1cccc(C)c1. The summed E-state index contributed by atoms with van der Waals surface area (Å²) in [5, 5.41) is 2.92. The molecule has 156 valence electrons. The van der Waals surface area contributed by atoms with Crippen molar-refractivity contribution in [3.05, 3.63) is 65.2 Å². The number of hydrogen-bond acceptors (Lipinski definition) is 3. The molecule has 1 atom stereocenters. The van der Waals surface area contributed by atoms with E-state index in [1.165, 1.54) is 0 Å². The summed E-state index contributed by atoms with van der Waals surface area (Å²) in [6.07, 6.45) is 1.92. The fourth-order valence-corrected chi connectivity index (χ4v) is 2.94. The number of carbonyl (C=O) groups excluding carboxylic acids is 2. The molecule has 5 heteroatoms. The summed E-state index contributed by atoms with van der Waals surface area (Å²) in [5.41, 5.74) is 3.20. The number of aryl methyl sites for hydroxylation is 2. The lowest BCUT2D eigenvalue weighted by molar-refractivity contribution is -0.142. The minimum Gasteiger partial charge on any atom is -0.484 e. The number of hydrogen-bond donors (Lipinski definition) is 1. The van der Waals surface area contributed by atoms with Gasteiger partial charge >= 0.3 is 0 Å². The number of carbonyl (C=O) groups is 2. The molecule has 1 N–H and O–H groups in total. The molecule has 2 aromatic carbocycles. The molecule has 29 heavy (non-hydrogen) atoms. The number of unbranched alkanes of at least 4 members (excludes halogenated alkanes) is 1. The molecular weight excluding hydrogens is 364 g/mol. The Bertz CT molecular complexity index is 802. The molecule has 0 saturated heterocycles. The number of benzene rings is 2. The van der Waals surface area contributed by atoms with Gasteiger partial charge in [0.05, 0.1) is 0 Å². The minimum absolute atomic E-state index is 0.109. The van der Waals surface area contributed by atoms with Gasteiger partial charge in [-0.15, -0.1) is 0 Å². The standard InChI is InChI=1S/C24H32N2O3/c1-5-6-14-25-24(28)20(4)26(16-21-12-10-18(2)11-13-21)23(27)17-29-22-9-7-8-19(3)15-22/h7-13,15,20H,5-6,14,16-17H2,1-4H3,(H,25,28). The van der Waals surface area contributed by atoms with E-state index < -0.39 is 6.04 Å². The van der Waals surface area contributed by atoms with Crippen molar-refractivity contribution in [1.82, 2.24) is 10.2 Å². The maximum atomic E-state index is 13.0. The van der Waals surface area contributed by atoms with Crippen molar-refractivity contribution in [2.75, 3.05) is 13.2 Å². The molecule has 0 radical (unpaired) electrons. The monoisotopic (exact) mass is 396 g/mol. The Morgan fingerprint density at radius 3 is 2.45 bits per heavy atom. The number of rotatable bonds is 10. The van der Waals surface area contributed by atoms with E-state index in [4.69, 9.17) is 4.74 Å². The van der Waals surface area contributed by atoms with Crippen LogP contribution in [0.3, 0.4) is 0 Å². The van der Waals surface area contributed by atoms with Crippen LogP contribution in [0.15, 0.2) is 48.5 Å². The van der Waals surface area contributed by atoms with Crippen molar-refractivity contribution >= 4 is 11.8 Å². The van der Waals surface area contributed by atoms with Gasteiger partial charge in [-0.05, 0) is 50.5 Å². The van der Waals surface area contributed by atoms with Crippen molar-refractivity contribution in [2.24, 2.45) is 0 Å². The Morgan fingerprint density at radius 1 is 1.07 bits per heavy atom. The number of ether oxygens (including phenoxy) is 1. The van der Waals surface area contributed by atoms with E-state index in [1.807, 2.05) is 62.4 Å².